The molecule has 0 saturated carbocycles. The van der Waals surface area contributed by atoms with Gasteiger partial charge in [0.25, 0.3) is 0 Å². The van der Waals surface area contributed by atoms with Crippen LogP contribution in [-0.4, -0.2) is 19.3 Å². The van der Waals surface area contributed by atoms with Crippen molar-refractivity contribution in [1.82, 2.24) is 5.32 Å². The Morgan fingerprint density at radius 2 is 2.00 bits per heavy atom. The fourth-order valence-electron chi connectivity index (χ4n) is 2.06. The van der Waals surface area contributed by atoms with E-state index in [-0.39, 0.29) is 19.1 Å². The Morgan fingerprint density at radius 3 is 2.62 bits per heavy atom. The number of halogens is 3. The summed E-state index contributed by atoms with van der Waals surface area (Å²) < 4.78 is 41.9. The van der Waals surface area contributed by atoms with Crippen LogP contribution < -0.4 is 10.1 Å². The van der Waals surface area contributed by atoms with Crippen LogP contribution in [0.3, 0.4) is 0 Å². The maximum Gasteiger partial charge on any atom is 0.389 e. The summed E-state index contributed by atoms with van der Waals surface area (Å²) in [5.74, 6) is 0.666. The molecule has 0 aliphatic heterocycles. The maximum atomic E-state index is 12.1. The predicted octanol–water partition coefficient (Wildman–Crippen LogP) is 4.78. The highest BCUT2D eigenvalue weighted by atomic mass is 19.4. The monoisotopic (exact) mass is 303 g/mol. The average molecular weight is 303 g/mol. The van der Waals surface area contributed by atoms with Crippen molar-refractivity contribution >= 4 is 0 Å². The molecule has 0 spiro atoms. The molecular weight excluding hydrogens is 279 g/mol. The molecule has 0 saturated heterocycles. The van der Waals surface area contributed by atoms with Gasteiger partial charge in [-0.15, -0.1) is 0 Å². The zero-order chi connectivity index (χ0) is 15.9. The van der Waals surface area contributed by atoms with E-state index in [1.54, 1.807) is 0 Å². The molecule has 0 bridgehead atoms. The number of hydrogen-bond acceptors (Lipinski definition) is 2. The standard InChI is InChI=1S/C16H24F3NO/c1-4-9-20-13(3)14-11-12(2)6-7-15(14)21-10-5-8-16(17,18)19/h6-7,11,13,20H,4-5,8-10H2,1-3H3. The van der Waals surface area contributed by atoms with Gasteiger partial charge in [-0.2, -0.15) is 13.2 Å². The number of nitrogens with one attached hydrogen (secondary N) is 1. The third-order valence-electron chi connectivity index (χ3n) is 3.19. The van der Waals surface area contributed by atoms with E-state index >= 15 is 0 Å². The molecular formula is C16H24F3NO. The molecule has 21 heavy (non-hydrogen) atoms. The molecule has 120 valence electrons. The van der Waals surface area contributed by atoms with Crippen molar-refractivity contribution in [3.05, 3.63) is 29.3 Å². The second kappa shape index (κ2) is 8.27. The number of rotatable bonds is 8. The summed E-state index contributed by atoms with van der Waals surface area (Å²) in [6, 6.07) is 5.88. The second-order valence-corrected chi connectivity index (χ2v) is 5.28. The molecule has 0 heterocycles. The van der Waals surface area contributed by atoms with Crippen molar-refractivity contribution in [1.29, 1.82) is 0 Å². The van der Waals surface area contributed by atoms with Gasteiger partial charge in [0.2, 0.25) is 0 Å². The van der Waals surface area contributed by atoms with Gasteiger partial charge in [-0.3, -0.25) is 0 Å². The normalized spacial score (nSPS) is 13.2. The molecule has 0 radical (unpaired) electrons. The summed E-state index contributed by atoms with van der Waals surface area (Å²) >= 11 is 0. The summed E-state index contributed by atoms with van der Waals surface area (Å²) in [5, 5.41) is 3.37. The third-order valence-corrected chi connectivity index (χ3v) is 3.19. The van der Waals surface area contributed by atoms with Crippen molar-refractivity contribution in [2.24, 2.45) is 0 Å². The Bertz CT molecular complexity index is 432. The van der Waals surface area contributed by atoms with Gasteiger partial charge in [-0.05, 0) is 39.3 Å². The number of ether oxygens (including phenoxy) is 1. The fraction of sp³-hybridized carbons (Fsp3) is 0.625. The van der Waals surface area contributed by atoms with Gasteiger partial charge in [-0.25, -0.2) is 0 Å². The van der Waals surface area contributed by atoms with Crippen LogP contribution in [0, 0.1) is 6.92 Å². The lowest BCUT2D eigenvalue weighted by molar-refractivity contribution is -0.136. The van der Waals surface area contributed by atoms with E-state index in [9.17, 15) is 13.2 Å². The van der Waals surface area contributed by atoms with Crippen molar-refractivity contribution in [3.8, 4) is 5.75 Å². The minimum atomic E-state index is -4.12. The molecule has 0 amide bonds. The van der Waals surface area contributed by atoms with Crippen molar-refractivity contribution in [2.45, 2.75) is 52.3 Å². The van der Waals surface area contributed by atoms with Gasteiger partial charge in [0.15, 0.2) is 0 Å². The number of alkyl halides is 3. The summed E-state index contributed by atoms with van der Waals surface area (Å²) in [6.45, 7) is 7.08. The SMILES string of the molecule is CCCNC(C)c1cc(C)ccc1OCCCC(F)(F)F. The van der Waals surface area contributed by atoms with Gasteiger partial charge >= 0.3 is 6.18 Å². The van der Waals surface area contributed by atoms with E-state index in [0.29, 0.717) is 5.75 Å². The molecule has 1 rings (SSSR count). The van der Waals surface area contributed by atoms with E-state index in [0.717, 1.165) is 24.1 Å². The zero-order valence-corrected chi connectivity index (χ0v) is 12.9. The van der Waals surface area contributed by atoms with Gasteiger partial charge in [0, 0.05) is 18.0 Å². The van der Waals surface area contributed by atoms with Crippen molar-refractivity contribution in [3.63, 3.8) is 0 Å². The van der Waals surface area contributed by atoms with E-state index in [2.05, 4.69) is 12.2 Å². The molecule has 1 aromatic rings. The molecule has 1 unspecified atom stereocenters. The van der Waals surface area contributed by atoms with Gasteiger partial charge in [0.05, 0.1) is 6.61 Å². The topological polar surface area (TPSA) is 21.3 Å². The smallest absolute Gasteiger partial charge is 0.389 e. The summed E-state index contributed by atoms with van der Waals surface area (Å²) in [7, 11) is 0. The lowest BCUT2D eigenvalue weighted by Gasteiger charge is -2.19. The van der Waals surface area contributed by atoms with Crippen LogP contribution in [-0.2, 0) is 0 Å². The molecule has 1 atom stereocenters. The average Bonchev–Trinajstić information content (AvgIpc) is 2.41. The number of aryl methyl sites for hydroxylation is 1. The largest absolute Gasteiger partial charge is 0.493 e. The van der Waals surface area contributed by atoms with E-state index in [1.807, 2.05) is 32.0 Å². The second-order valence-electron chi connectivity index (χ2n) is 5.28. The molecule has 0 aliphatic rings. The lowest BCUT2D eigenvalue weighted by Crippen LogP contribution is -2.20. The van der Waals surface area contributed by atoms with Crippen LogP contribution in [0.15, 0.2) is 18.2 Å². The Labute approximate surface area is 124 Å². The minimum Gasteiger partial charge on any atom is -0.493 e. The molecule has 0 fully saturated rings. The summed E-state index contributed by atoms with van der Waals surface area (Å²) in [5.41, 5.74) is 2.10. The molecule has 0 aliphatic carbocycles. The van der Waals surface area contributed by atoms with E-state index in [1.165, 1.54) is 0 Å². The first-order valence-electron chi connectivity index (χ1n) is 7.37. The first-order valence-corrected chi connectivity index (χ1v) is 7.37. The van der Waals surface area contributed by atoms with Gasteiger partial charge in [0.1, 0.15) is 5.75 Å². The Balaban J connectivity index is 2.64. The van der Waals surface area contributed by atoms with Crippen LogP contribution >= 0.6 is 0 Å². The quantitative estimate of drug-likeness (QED) is 0.698. The molecule has 1 aromatic carbocycles. The first-order chi connectivity index (χ1) is 9.83. The Morgan fingerprint density at radius 1 is 1.29 bits per heavy atom. The van der Waals surface area contributed by atoms with Crippen molar-refractivity contribution < 1.29 is 17.9 Å². The van der Waals surface area contributed by atoms with Crippen molar-refractivity contribution in [2.75, 3.05) is 13.2 Å². The zero-order valence-electron chi connectivity index (χ0n) is 12.9. The predicted molar refractivity (Wildman–Crippen MR) is 78.7 cm³/mol. The molecule has 5 heteroatoms. The highest BCUT2D eigenvalue weighted by Crippen LogP contribution is 2.27. The summed E-state index contributed by atoms with van der Waals surface area (Å²) in [6.07, 6.45) is -3.92. The van der Waals surface area contributed by atoms with Gasteiger partial charge in [-0.1, -0.05) is 24.6 Å². The van der Waals surface area contributed by atoms with Gasteiger partial charge < -0.3 is 10.1 Å². The highest BCUT2D eigenvalue weighted by molar-refractivity contribution is 5.39. The van der Waals surface area contributed by atoms with E-state index < -0.39 is 12.6 Å². The minimum absolute atomic E-state index is 0.0203. The molecule has 0 aromatic heterocycles. The third kappa shape index (κ3) is 6.85. The number of benzene rings is 1. The molecule has 1 N–H and O–H groups in total. The molecule has 2 nitrogen and oxygen atoms in total. The fourth-order valence-corrected chi connectivity index (χ4v) is 2.06. The lowest BCUT2D eigenvalue weighted by atomic mass is 10.0. The van der Waals surface area contributed by atoms with Crippen LogP contribution in [0.25, 0.3) is 0 Å². The van der Waals surface area contributed by atoms with Crippen LogP contribution in [0.5, 0.6) is 5.75 Å². The Hall–Kier alpha value is -1.23. The number of hydrogen-bond donors (Lipinski definition) is 1. The maximum absolute atomic E-state index is 12.1. The Kier molecular flexibility index (Phi) is 7.02. The van der Waals surface area contributed by atoms with Crippen LogP contribution in [0.2, 0.25) is 0 Å². The highest BCUT2D eigenvalue weighted by Gasteiger charge is 2.26. The first kappa shape index (κ1) is 17.8. The van der Waals surface area contributed by atoms with E-state index in [4.69, 9.17) is 4.74 Å². The summed E-state index contributed by atoms with van der Waals surface area (Å²) in [4.78, 5) is 0. The van der Waals surface area contributed by atoms with Crippen LogP contribution in [0.4, 0.5) is 13.2 Å². The van der Waals surface area contributed by atoms with Crippen LogP contribution in [0.1, 0.15) is 50.3 Å².